The molecule has 0 aromatic heterocycles. The fraction of sp³-hybridized carbons (Fsp3) is 1.00. The fourth-order valence-corrected chi connectivity index (χ4v) is 3.65. The van der Waals surface area contributed by atoms with E-state index in [-0.39, 0.29) is 6.04 Å². The van der Waals surface area contributed by atoms with E-state index >= 15 is 0 Å². The molecule has 3 nitrogen and oxygen atoms in total. The van der Waals surface area contributed by atoms with E-state index in [1.807, 2.05) is 0 Å². The maximum atomic E-state index is 12.0. The molecule has 0 spiro atoms. The van der Waals surface area contributed by atoms with Gasteiger partial charge in [-0.15, -0.1) is 0 Å². The largest absolute Gasteiger partial charge is 0.328 e. The molecular formula is C13H27NO2S. The molecule has 4 heteroatoms. The first kappa shape index (κ1) is 15.0. The molecule has 0 amide bonds. The van der Waals surface area contributed by atoms with E-state index in [9.17, 15) is 8.42 Å². The summed E-state index contributed by atoms with van der Waals surface area (Å²) in [5.74, 6) is 0.818. The molecule has 0 aliphatic heterocycles. The molecule has 0 aromatic rings. The van der Waals surface area contributed by atoms with Gasteiger partial charge >= 0.3 is 0 Å². The average Bonchev–Trinajstić information content (AvgIpc) is 2.38. The van der Waals surface area contributed by atoms with E-state index in [4.69, 9.17) is 5.73 Å². The van der Waals surface area contributed by atoms with Crippen LogP contribution in [0.15, 0.2) is 0 Å². The molecule has 1 aliphatic rings. The van der Waals surface area contributed by atoms with Crippen LogP contribution in [-0.4, -0.2) is 25.0 Å². The number of sulfone groups is 1. The average molecular weight is 261 g/mol. The standard InChI is InChI=1S/C13H27NO2S/c1-13(2,3)17(15,16)9-8-11-6-4-5-7-12(14)10-11/h11-12H,4-10,14H2,1-3H3. The molecule has 0 radical (unpaired) electrons. The van der Waals surface area contributed by atoms with Crippen LogP contribution in [0, 0.1) is 5.92 Å². The first-order chi connectivity index (χ1) is 7.72. The van der Waals surface area contributed by atoms with Crippen molar-refractivity contribution in [3.8, 4) is 0 Å². The molecule has 0 aromatic carbocycles. The van der Waals surface area contributed by atoms with Crippen molar-refractivity contribution in [2.75, 3.05) is 5.75 Å². The van der Waals surface area contributed by atoms with Crippen LogP contribution in [0.2, 0.25) is 0 Å². The monoisotopic (exact) mass is 261 g/mol. The first-order valence-electron chi connectivity index (χ1n) is 6.70. The Labute approximate surface area is 106 Å². The van der Waals surface area contributed by atoms with Gasteiger partial charge in [-0.05, 0) is 46.0 Å². The van der Waals surface area contributed by atoms with Crippen molar-refractivity contribution in [1.82, 2.24) is 0 Å². The number of hydrogen-bond donors (Lipinski definition) is 1. The summed E-state index contributed by atoms with van der Waals surface area (Å²) in [6.07, 6.45) is 6.43. The molecule has 0 bridgehead atoms. The summed E-state index contributed by atoms with van der Waals surface area (Å²) in [7, 11) is -2.97. The number of nitrogens with two attached hydrogens (primary N) is 1. The molecule has 1 saturated carbocycles. The van der Waals surface area contributed by atoms with Crippen LogP contribution < -0.4 is 5.73 Å². The van der Waals surface area contributed by atoms with Gasteiger partial charge in [-0.25, -0.2) is 8.42 Å². The third-order valence-corrected chi connectivity index (χ3v) is 6.44. The van der Waals surface area contributed by atoms with Crippen LogP contribution in [0.5, 0.6) is 0 Å². The Hall–Kier alpha value is -0.0900. The van der Waals surface area contributed by atoms with Crippen LogP contribution >= 0.6 is 0 Å². The van der Waals surface area contributed by atoms with Crippen molar-refractivity contribution in [2.45, 2.75) is 70.1 Å². The van der Waals surface area contributed by atoms with Crippen molar-refractivity contribution in [3.63, 3.8) is 0 Å². The van der Waals surface area contributed by atoms with Crippen LogP contribution in [0.1, 0.15) is 59.3 Å². The SMILES string of the molecule is CC(C)(C)S(=O)(=O)CCC1CCCCC(N)C1. The molecule has 0 saturated heterocycles. The van der Waals surface area contributed by atoms with Gasteiger partial charge in [0.25, 0.3) is 0 Å². The van der Waals surface area contributed by atoms with Gasteiger partial charge in [-0.3, -0.25) is 0 Å². The Morgan fingerprint density at radius 2 is 1.76 bits per heavy atom. The van der Waals surface area contributed by atoms with E-state index in [2.05, 4.69) is 0 Å². The van der Waals surface area contributed by atoms with Gasteiger partial charge in [0.05, 0.1) is 10.5 Å². The normalized spacial score (nSPS) is 27.8. The molecule has 0 heterocycles. The van der Waals surface area contributed by atoms with Gasteiger partial charge in [-0.2, -0.15) is 0 Å². The Balaban J connectivity index is 2.50. The second-order valence-electron chi connectivity index (χ2n) is 6.37. The van der Waals surface area contributed by atoms with Crippen molar-refractivity contribution < 1.29 is 8.42 Å². The van der Waals surface area contributed by atoms with E-state index in [0.717, 1.165) is 25.7 Å². The highest BCUT2D eigenvalue weighted by atomic mass is 32.2. The molecule has 1 rings (SSSR count). The maximum Gasteiger partial charge on any atom is 0.155 e. The number of rotatable bonds is 3. The van der Waals surface area contributed by atoms with Crippen LogP contribution in [0.25, 0.3) is 0 Å². The van der Waals surface area contributed by atoms with Crippen molar-refractivity contribution in [2.24, 2.45) is 11.7 Å². The van der Waals surface area contributed by atoms with Gasteiger partial charge in [0, 0.05) is 6.04 Å². The fourth-order valence-electron chi connectivity index (χ4n) is 2.39. The van der Waals surface area contributed by atoms with Crippen molar-refractivity contribution >= 4 is 9.84 Å². The lowest BCUT2D eigenvalue weighted by atomic mass is 9.96. The zero-order valence-corrected chi connectivity index (χ0v) is 12.2. The van der Waals surface area contributed by atoms with E-state index in [1.165, 1.54) is 12.8 Å². The first-order valence-corrected chi connectivity index (χ1v) is 8.35. The summed E-state index contributed by atoms with van der Waals surface area (Å²) in [6, 6.07) is 0.278. The molecular weight excluding hydrogens is 234 g/mol. The minimum absolute atomic E-state index is 0.278. The van der Waals surface area contributed by atoms with E-state index in [1.54, 1.807) is 20.8 Å². The molecule has 1 aliphatic carbocycles. The summed E-state index contributed by atoms with van der Waals surface area (Å²) in [5, 5.41) is 0. The van der Waals surface area contributed by atoms with Gasteiger partial charge in [-0.1, -0.05) is 19.3 Å². The predicted octanol–water partition coefficient (Wildman–Crippen LogP) is 2.50. The third-order valence-electron chi connectivity index (χ3n) is 3.80. The minimum atomic E-state index is -2.97. The molecule has 102 valence electrons. The quantitative estimate of drug-likeness (QED) is 0.794. The summed E-state index contributed by atoms with van der Waals surface area (Å²) in [6.45, 7) is 5.34. The molecule has 2 unspecified atom stereocenters. The second-order valence-corrected chi connectivity index (χ2v) is 9.23. The summed E-state index contributed by atoms with van der Waals surface area (Å²) in [5.41, 5.74) is 6.00. The van der Waals surface area contributed by atoms with E-state index in [0.29, 0.717) is 11.7 Å². The van der Waals surface area contributed by atoms with Crippen LogP contribution in [0.4, 0.5) is 0 Å². The Morgan fingerprint density at radius 1 is 1.18 bits per heavy atom. The Bertz CT molecular complexity index is 330. The molecule has 2 N–H and O–H groups in total. The molecule has 2 atom stereocenters. The zero-order valence-electron chi connectivity index (χ0n) is 11.4. The van der Waals surface area contributed by atoms with Gasteiger partial charge < -0.3 is 5.73 Å². The Morgan fingerprint density at radius 3 is 2.35 bits per heavy atom. The highest BCUT2D eigenvalue weighted by molar-refractivity contribution is 7.92. The van der Waals surface area contributed by atoms with Gasteiger partial charge in [0.15, 0.2) is 9.84 Å². The zero-order chi connectivity index (χ0) is 13.1. The summed E-state index contributed by atoms with van der Waals surface area (Å²) in [4.78, 5) is 0. The molecule has 1 fully saturated rings. The third kappa shape index (κ3) is 4.59. The second kappa shape index (κ2) is 5.70. The topological polar surface area (TPSA) is 60.2 Å². The highest BCUT2D eigenvalue weighted by Crippen LogP contribution is 2.27. The minimum Gasteiger partial charge on any atom is -0.328 e. The van der Waals surface area contributed by atoms with Crippen molar-refractivity contribution in [1.29, 1.82) is 0 Å². The van der Waals surface area contributed by atoms with Crippen LogP contribution in [-0.2, 0) is 9.84 Å². The van der Waals surface area contributed by atoms with Gasteiger partial charge in [0.1, 0.15) is 0 Å². The highest BCUT2D eigenvalue weighted by Gasteiger charge is 2.29. The van der Waals surface area contributed by atoms with E-state index < -0.39 is 14.6 Å². The maximum absolute atomic E-state index is 12.0. The Kier molecular flexibility index (Phi) is 5.02. The predicted molar refractivity (Wildman–Crippen MR) is 72.7 cm³/mol. The van der Waals surface area contributed by atoms with Crippen LogP contribution in [0.3, 0.4) is 0 Å². The lowest BCUT2D eigenvalue weighted by Crippen LogP contribution is -2.31. The van der Waals surface area contributed by atoms with Gasteiger partial charge in [0.2, 0.25) is 0 Å². The molecule has 17 heavy (non-hydrogen) atoms. The lowest BCUT2D eigenvalue weighted by molar-refractivity contribution is 0.418. The smallest absolute Gasteiger partial charge is 0.155 e. The summed E-state index contributed by atoms with van der Waals surface area (Å²) >= 11 is 0. The van der Waals surface area contributed by atoms with Crippen molar-refractivity contribution in [3.05, 3.63) is 0 Å². The summed E-state index contributed by atoms with van der Waals surface area (Å²) < 4.78 is 23.4. The lowest BCUT2D eigenvalue weighted by Gasteiger charge is -2.22. The number of hydrogen-bond acceptors (Lipinski definition) is 3.